The van der Waals surface area contributed by atoms with Gasteiger partial charge in [-0.05, 0) is 49.7 Å². The van der Waals surface area contributed by atoms with Crippen molar-refractivity contribution in [2.75, 3.05) is 53.5 Å². The van der Waals surface area contributed by atoms with Crippen molar-refractivity contribution in [3.8, 4) is 11.5 Å². The van der Waals surface area contributed by atoms with E-state index in [0.717, 1.165) is 51.9 Å². The molecule has 2 amide bonds. The lowest BCUT2D eigenvalue weighted by molar-refractivity contribution is -0.141. The van der Waals surface area contributed by atoms with Crippen molar-refractivity contribution in [2.24, 2.45) is 11.8 Å². The predicted molar refractivity (Wildman–Crippen MR) is 128 cm³/mol. The molecule has 2 aliphatic heterocycles. The fourth-order valence-corrected chi connectivity index (χ4v) is 5.66. The minimum atomic E-state index is -0.0323. The number of benzene rings is 1. The summed E-state index contributed by atoms with van der Waals surface area (Å²) in [5, 5.41) is 0. The average molecular weight is 458 g/mol. The van der Waals surface area contributed by atoms with E-state index in [4.69, 9.17) is 9.47 Å². The van der Waals surface area contributed by atoms with E-state index in [2.05, 4.69) is 16.7 Å². The molecule has 3 fully saturated rings. The molecule has 33 heavy (non-hydrogen) atoms. The summed E-state index contributed by atoms with van der Waals surface area (Å²) in [5.41, 5.74) is 0.575. The molecule has 1 aromatic rings. The zero-order valence-corrected chi connectivity index (χ0v) is 20.4. The van der Waals surface area contributed by atoms with Crippen LogP contribution in [0.4, 0.5) is 0 Å². The van der Waals surface area contributed by atoms with Crippen LogP contribution in [0.15, 0.2) is 18.2 Å². The second kappa shape index (κ2) is 10.8. The number of ether oxygens (including phenoxy) is 2. The number of nitrogens with zero attached hydrogens (tertiary/aromatic N) is 3. The number of piperidine rings is 1. The third-order valence-corrected chi connectivity index (χ3v) is 7.79. The number of hydrogen-bond donors (Lipinski definition) is 0. The number of rotatable bonds is 6. The van der Waals surface area contributed by atoms with E-state index in [-0.39, 0.29) is 11.9 Å². The van der Waals surface area contributed by atoms with Crippen LogP contribution >= 0.6 is 0 Å². The largest absolute Gasteiger partial charge is 0.497 e. The SMILES string of the molecule is COc1cc(OC)cc(C(=O)N2CCN(C(C(=O)N3CCC(C)CC3)C3CCCC3)CC2)c1. The Bertz CT molecular complexity index is 801. The number of likely N-dealkylation sites (tertiary alicyclic amines) is 1. The van der Waals surface area contributed by atoms with Gasteiger partial charge in [0.25, 0.3) is 5.91 Å². The lowest BCUT2D eigenvalue weighted by Crippen LogP contribution is -2.59. The molecule has 7 nitrogen and oxygen atoms in total. The first kappa shape index (κ1) is 23.9. The molecule has 0 N–H and O–H groups in total. The van der Waals surface area contributed by atoms with Gasteiger partial charge >= 0.3 is 0 Å². The Labute approximate surface area is 198 Å². The Hall–Kier alpha value is -2.28. The molecule has 7 heteroatoms. The third-order valence-electron chi connectivity index (χ3n) is 7.79. The number of piperazine rings is 1. The van der Waals surface area contributed by atoms with Gasteiger partial charge in [-0.1, -0.05) is 19.8 Å². The molecule has 2 saturated heterocycles. The van der Waals surface area contributed by atoms with Crippen LogP contribution in [-0.4, -0.2) is 86.0 Å². The Morgan fingerprint density at radius 1 is 0.818 bits per heavy atom. The van der Waals surface area contributed by atoms with E-state index in [1.807, 2.05) is 4.90 Å². The fourth-order valence-electron chi connectivity index (χ4n) is 5.66. The molecular formula is C26H39N3O4. The van der Waals surface area contributed by atoms with Crippen LogP contribution in [0.25, 0.3) is 0 Å². The van der Waals surface area contributed by atoms with Gasteiger partial charge in [0.05, 0.1) is 20.3 Å². The molecule has 3 aliphatic rings. The van der Waals surface area contributed by atoms with Crippen molar-refractivity contribution in [1.82, 2.24) is 14.7 Å². The maximum Gasteiger partial charge on any atom is 0.254 e. The summed E-state index contributed by atoms with van der Waals surface area (Å²) < 4.78 is 10.7. The Kier molecular flexibility index (Phi) is 7.78. The van der Waals surface area contributed by atoms with Crippen LogP contribution < -0.4 is 9.47 Å². The number of carbonyl (C=O) groups excluding carboxylic acids is 2. The van der Waals surface area contributed by atoms with Crippen molar-refractivity contribution < 1.29 is 19.1 Å². The molecule has 1 atom stereocenters. The van der Waals surface area contributed by atoms with E-state index >= 15 is 0 Å². The highest BCUT2D eigenvalue weighted by atomic mass is 16.5. The van der Waals surface area contributed by atoms with Crippen molar-refractivity contribution in [3.05, 3.63) is 23.8 Å². The van der Waals surface area contributed by atoms with Crippen molar-refractivity contribution in [1.29, 1.82) is 0 Å². The third kappa shape index (κ3) is 5.45. The molecular weight excluding hydrogens is 418 g/mol. The van der Waals surface area contributed by atoms with E-state index in [9.17, 15) is 9.59 Å². The topological polar surface area (TPSA) is 62.3 Å². The molecule has 4 rings (SSSR count). The molecule has 0 aromatic heterocycles. The molecule has 0 radical (unpaired) electrons. The predicted octanol–water partition coefficient (Wildman–Crippen LogP) is 3.28. The van der Waals surface area contributed by atoms with E-state index in [0.29, 0.717) is 47.9 Å². The normalized spacial score (nSPS) is 21.8. The summed E-state index contributed by atoms with van der Waals surface area (Å²) in [6.45, 7) is 6.80. The maximum absolute atomic E-state index is 13.6. The van der Waals surface area contributed by atoms with Gasteiger partial charge in [-0.3, -0.25) is 14.5 Å². The number of hydrogen-bond acceptors (Lipinski definition) is 5. The van der Waals surface area contributed by atoms with Gasteiger partial charge < -0.3 is 19.3 Å². The van der Waals surface area contributed by atoms with E-state index in [1.165, 1.54) is 12.8 Å². The highest BCUT2D eigenvalue weighted by molar-refractivity contribution is 5.95. The maximum atomic E-state index is 13.6. The van der Waals surface area contributed by atoms with Gasteiger partial charge in [-0.25, -0.2) is 0 Å². The van der Waals surface area contributed by atoms with Crippen LogP contribution in [0.1, 0.15) is 55.8 Å². The van der Waals surface area contributed by atoms with Crippen molar-refractivity contribution in [3.63, 3.8) is 0 Å². The standard InChI is InChI=1S/C26H39N3O4/c1-19-8-10-28(11-9-19)26(31)24(20-6-4-5-7-20)27-12-14-29(15-13-27)25(30)21-16-22(32-2)18-23(17-21)33-3/h16-20,24H,4-15H2,1-3H3. The Balaban J connectivity index is 1.43. The van der Waals surface area contributed by atoms with E-state index < -0.39 is 0 Å². The lowest BCUT2D eigenvalue weighted by Gasteiger charge is -2.43. The highest BCUT2D eigenvalue weighted by Gasteiger charge is 2.40. The molecule has 1 saturated carbocycles. The van der Waals surface area contributed by atoms with Gasteiger partial charge in [0.15, 0.2) is 0 Å². The molecule has 182 valence electrons. The highest BCUT2D eigenvalue weighted by Crippen LogP contribution is 2.33. The van der Waals surface area contributed by atoms with Gasteiger partial charge in [-0.15, -0.1) is 0 Å². The minimum absolute atomic E-state index is 0.0133. The summed E-state index contributed by atoms with van der Waals surface area (Å²) in [5.74, 6) is 2.69. The van der Waals surface area contributed by atoms with Gasteiger partial charge in [0, 0.05) is 50.9 Å². The zero-order valence-electron chi connectivity index (χ0n) is 20.4. The number of methoxy groups -OCH3 is 2. The number of amides is 2. The Morgan fingerprint density at radius 3 is 1.94 bits per heavy atom. The average Bonchev–Trinajstić information content (AvgIpc) is 3.38. The lowest BCUT2D eigenvalue weighted by atomic mass is 9.92. The Morgan fingerprint density at radius 2 is 1.39 bits per heavy atom. The summed E-state index contributed by atoms with van der Waals surface area (Å²) in [6, 6.07) is 5.27. The van der Waals surface area contributed by atoms with Crippen LogP contribution in [0, 0.1) is 11.8 Å². The van der Waals surface area contributed by atoms with Crippen LogP contribution in [0.3, 0.4) is 0 Å². The summed E-state index contributed by atoms with van der Waals surface area (Å²) in [4.78, 5) is 33.2. The molecule has 1 aliphatic carbocycles. The quantitative estimate of drug-likeness (QED) is 0.656. The fraction of sp³-hybridized carbons (Fsp3) is 0.692. The molecule has 0 spiro atoms. The smallest absolute Gasteiger partial charge is 0.254 e. The zero-order chi connectivity index (χ0) is 23.4. The number of carbonyl (C=O) groups is 2. The molecule has 2 heterocycles. The summed E-state index contributed by atoms with van der Waals surface area (Å²) >= 11 is 0. The van der Waals surface area contributed by atoms with Crippen molar-refractivity contribution >= 4 is 11.8 Å². The summed E-state index contributed by atoms with van der Waals surface area (Å²) in [6.07, 6.45) is 6.95. The van der Waals surface area contributed by atoms with Gasteiger partial charge in [0.1, 0.15) is 11.5 Å². The molecule has 0 bridgehead atoms. The van der Waals surface area contributed by atoms with Gasteiger partial charge in [-0.2, -0.15) is 0 Å². The minimum Gasteiger partial charge on any atom is -0.497 e. The first-order valence-electron chi connectivity index (χ1n) is 12.6. The molecule has 1 unspecified atom stereocenters. The molecule has 1 aromatic carbocycles. The van der Waals surface area contributed by atoms with Crippen LogP contribution in [-0.2, 0) is 4.79 Å². The van der Waals surface area contributed by atoms with E-state index in [1.54, 1.807) is 32.4 Å². The monoisotopic (exact) mass is 457 g/mol. The second-order valence-corrected chi connectivity index (χ2v) is 9.93. The van der Waals surface area contributed by atoms with Crippen molar-refractivity contribution in [2.45, 2.75) is 51.5 Å². The first-order chi connectivity index (χ1) is 16.0. The van der Waals surface area contributed by atoms with Crippen LogP contribution in [0.2, 0.25) is 0 Å². The first-order valence-corrected chi connectivity index (χ1v) is 12.6. The van der Waals surface area contributed by atoms with Crippen LogP contribution in [0.5, 0.6) is 11.5 Å². The summed E-state index contributed by atoms with van der Waals surface area (Å²) in [7, 11) is 3.18. The van der Waals surface area contributed by atoms with Gasteiger partial charge in [0.2, 0.25) is 5.91 Å². The second-order valence-electron chi connectivity index (χ2n) is 9.93.